The number of carbonyl (C=O) groups is 1. The molecule has 1 amide bonds. The molecule has 0 aliphatic heterocycles. The van der Waals surface area contributed by atoms with Gasteiger partial charge in [-0.05, 0) is 24.6 Å². The van der Waals surface area contributed by atoms with Gasteiger partial charge in [-0.2, -0.15) is 0 Å². The van der Waals surface area contributed by atoms with Gasteiger partial charge in [0.2, 0.25) is 5.72 Å². The van der Waals surface area contributed by atoms with Gasteiger partial charge in [-0.1, -0.05) is 41.4 Å². The number of nitrogens with zero attached hydrogens (tertiary/aromatic N) is 1. The summed E-state index contributed by atoms with van der Waals surface area (Å²) in [5.41, 5.74) is -8.26. The average molecular weight is 513 g/mol. The molecule has 9 N–H and O–H groups in total. The van der Waals surface area contributed by atoms with Crippen LogP contribution in [0.1, 0.15) is 27.7 Å². The highest BCUT2D eigenvalue weighted by Crippen LogP contribution is 2.33. The molecule has 36 heavy (non-hydrogen) atoms. The summed E-state index contributed by atoms with van der Waals surface area (Å²) in [6, 6.07) is 9.34. The number of aromatic amines is 1. The Hall–Kier alpha value is -2.90. The van der Waals surface area contributed by atoms with Crippen LogP contribution in [-0.4, -0.2) is 85.9 Å². The fourth-order valence-corrected chi connectivity index (χ4v) is 3.62. The van der Waals surface area contributed by atoms with Crippen molar-refractivity contribution in [2.24, 2.45) is 0 Å². The molecule has 2 aromatic heterocycles. The molecule has 0 bridgehead atoms. The maximum absolute atomic E-state index is 12.8. The third-order valence-corrected chi connectivity index (χ3v) is 5.70. The fraction of sp³-hybridized carbons (Fsp3) is 0.273. The SMILES string of the molecule is [B]C(O)(O)C(O)(Nc1cc(-c2c[nH]c(C(=O)N[C@H](CO)c3cccc(C)c3)c2)c(Cl)cn1)C([B])(O)O. The van der Waals surface area contributed by atoms with Crippen molar-refractivity contribution >= 4 is 39.0 Å². The van der Waals surface area contributed by atoms with Crippen molar-refractivity contribution in [2.45, 2.75) is 30.1 Å². The summed E-state index contributed by atoms with van der Waals surface area (Å²) in [5.74, 6) is -0.846. The van der Waals surface area contributed by atoms with E-state index in [1.807, 2.05) is 30.4 Å². The van der Waals surface area contributed by atoms with Gasteiger partial charge in [0, 0.05) is 23.5 Å². The van der Waals surface area contributed by atoms with Crippen molar-refractivity contribution < 1.29 is 35.4 Å². The van der Waals surface area contributed by atoms with Gasteiger partial charge >= 0.3 is 0 Å². The van der Waals surface area contributed by atoms with Gasteiger partial charge in [-0.3, -0.25) is 4.79 Å². The summed E-state index contributed by atoms with van der Waals surface area (Å²) in [4.78, 5) is 19.4. The number of aryl methyl sites for hydroxylation is 1. The Bertz CT molecular complexity index is 1230. The van der Waals surface area contributed by atoms with E-state index in [9.17, 15) is 35.4 Å². The highest BCUT2D eigenvalue weighted by atomic mass is 35.5. The zero-order valence-corrected chi connectivity index (χ0v) is 19.7. The molecule has 0 spiro atoms. The topological polar surface area (TPSA) is 191 Å². The molecule has 11 nitrogen and oxygen atoms in total. The molecule has 0 aliphatic carbocycles. The predicted octanol–water partition coefficient (Wildman–Crippen LogP) is -0.784. The van der Waals surface area contributed by atoms with Crippen LogP contribution in [0.15, 0.2) is 48.8 Å². The Morgan fingerprint density at radius 2 is 1.81 bits per heavy atom. The van der Waals surface area contributed by atoms with E-state index in [2.05, 4.69) is 15.3 Å². The van der Waals surface area contributed by atoms with Crippen molar-refractivity contribution in [2.75, 3.05) is 11.9 Å². The van der Waals surface area contributed by atoms with Gasteiger partial charge in [0.05, 0.1) is 17.7 Å². The highest BCUT2D eigenvalue weighted by Gasteiger charge is 2.56. The van der Waals surface area contributed by atoms with Crippen LogP contribution < -0.4 is 10.6 Å². The number of hydrogen-bond donors (Lipinski definition) is 9. The summed E-state index contributed by atoms with van der Waals surface area (Å²) in [6.45, 7) is 1.57. The van der Waals surface area contributed by atoms with Gasteiger partial charge < -0.3 is 46.3 Å². The van der Waals surface area contributed by atoms with Crippen molar-refractivity contribution in [1.82, 2.24) is 15.3 Å². The summed E-state index contributed by atoms with van der Waals surface area (Å²) in [7, 11) is 10.1. The number of hydrogen-bond acceptors (Lipinski definition) is 9. The van der Waals surface area contributed by atoms with Crippen LogP contribution in [0.5, 0.6) is 0 Å². The Labute approximate surface area is 213 Å². The van der Waals surface area contributed by atoms with Crippen LogP contribution in [0.3, 0.4) is 0 Å². The molecule has 0 aliphatic rings. The van der Waals surface area contributed by atoms with Gasteiger partial charge in [0.15, 0.2) is 27.1 Å². The lowest BCUT2D eigenvalue weighted by atomic mass is 9.71. The third-order valence-electron chi connectivity index (χ3n) is 5.40. The lowest BCUT2D eigenvalue weighted by Gasteiger charge is -2.45. The van der Waals surface area contributed by atoms with Crippen LogP contribution in [0, 0.1) is 6.92 Å². The molecule has 1 aromatic carbocycles. The molecular weight excluding hydrogens is 489 g/mol. The molecule has 0 unspecified atom stereocenters. The largest absolute Gasteiger partial charge is 0.394 e. The van der Waals surface area contributed by atoms with Gasteiger partial charge in [-0.15, -0.1) is 0 Å². The number of carbonyl (C=O) groups excluding carboxylic acids is 1. The quantitative estimate of drug-likeness (QED) is 0.131. The first-order valence-electron chi connectivity index (χ1n) is 10.5. The van der Waals surface area contributed by atoms with Crippen molar-refractivity contribution in [1.29, 1.82) is 0 Å². The summed E-state index contributed by atoms with van der Waals surface area (Å²) < 4.78 is 0. The summed E-state index contributed by atoms with van der Waals surface area (Å²) >= 11 is 6.23. The number of aromatic nitrogens is 2. The van der Waals surface area contributed by atoms with Crippen molar-refractivity contribution in [3.8, 4) is 11.1 Å². The van der Waals surface area contributed by atoms with Crippen molar-refractivity contribution in [3.63, 3.8) is 0 Å². The zero-order valence-electron chi connectivity index (χ0n) is 19.0. The first-order chi connectivity index (χ1) is 16.7. The number of aliphatic hydroxyl groups excluding tert-OH is 1. The second-order valence-electron chi connectivity index (χ2n) is 8.26. The van der Waals surface area contributed by atoms with E-state index >= 15 is 0 Å². The van der Waals surface area contributed by atoms with E-state index in [1.54, 1.807) is 6.07 Å². The minimum Gasteiger partial charge on any atom is -0.394 e. The van der Waals surface area contributed by atoms with Crippen LogP contribution in [-0.2, 0) is 0 Å². The highest BCUT2D eigenvalue weighted by molar-refractivity contribution is 6.33. The van der Waals surface area contributed by atoms with Crippen molar-refractivity contribution in [3.05, 3.63) is 70.6 Å². The standard InChI is InChI=1S/C22H23B2ClN4O7/c1-11-3-2-4-12(5-11)17(10-30)28-19(31)16-6-13(8-26-16)14-7-18(27-9-15(14)25)29-20(32,21(23,33)34)22(24,35)36/h2-9,17,26,30,32-36H,10H2,1H3,(H,27,29)(H,28,31)/t17-/m1/s1. The first-order valence-corrected chi connectivity index (χ1v) is 10.8. The molecule has 2 heterocycles. The molecule has 1 atom stereocenters. The van der Waals surface area contributed by atoms with E-state index in [0.717, 1.165) is 17.3 Å². The molecule has 0 saturated heterocycles. The molecule has 0 fully saturated rings. The molecule has 3 aromatic rings. The number of aliphatic hydroxyl groups is 6. The Morgan fingerprint density at radius 3 is 2.39 bits per heavy atom. The van der Waals surface area contributed by atoms with E-state index in [1.165, 1.54) is 18.3 Å². The summed E-state index contributed by atoms with van der Waals surface area (Å²) in [5, 5.41) is 63.4. The fourth-order valence-electron chi connectivity index (χ4n) is 3.41. The first kappa shape index (κ1) is 27.7. The van der Waals surface area contributed by atoms with Gasteiger partial charge in [0.25, 0.3) is 5.91 Å². The molecule has 14 heteroatoms. The molecular formula is C22H23B2ClN4O7. The Kier molecular flexibility index (Phi) is 7.86. The smallest absolute Gasteiger partial charge is 0.268 e. The van der Waals surface area contributed by atoms with Gasteiger partial charge in [0.1, 0.15) is 11.5 Å². The monoisotopic (exact) mass is 512 g/mol. The number of H-pyrrole nitrogens is 1. The lowest BCUT2D eigenvalue weighted by Crippen LogP contribution is -2.73. The Morgan fingerprint density at radius 1 is 1.14 bits per heavy atom. The van der Waals surface area contributed by atoms with E-state index < -0.39 is 29.0 Å². The van der Waals surface area contributed by atoms with E-state index in [0.29, 0.717) is 5.56 Å². The number of nitrogens with one attached hydrogen (secondary N) is 3. The van der Waals surface area contributed by atoms with E-state index in [-0.39, 0.29) is 28.7 Å². The number of amides is 1. The van der Waals surface area contributed by atoms with E-state index in [4.69, 9.17) is 27.3 Å². The van der Waals surface area contributed by atoms with Crippen LogP contribution >= 0.6 is 11.6 Å². The van der Waals surface area contributed by atoms with Gasteiger partial charge in [-0.25, -0.2) is 4.98 Å². The number of pyridine rings is 1. The number of halogens is 1. The summed E-state index contributed by atoms with van der Waals surface area (Å²) in [6.07, 6.45) is 2.56. The zero-order chi connectivity index (χ0) is 26.9. The number of anilines is 1. The second-order valence-corrected chi connectivity index (χ2v) is 8.67. The minimum absolute atomic E-state index is 0.0991. The number of benzene rings is 1. The van der Waals surface area contributed by atoms with Crippen LogP contribution in [0.25, 0.3) is 11.1 Å². The molecule has 4 radical (unpaired) electrons. The Balaban J connectivity index is 1.86. The normalized spacial score (nSPS) is 13.3. The number of rotatable bonds is 9. The maximum Gasteiger partial charge on any atom is 0.268 e. The second kappa shape index (κ2) is 10.2. The molecule has 0 saturated carbocycles. The average Bonchev–Trinajstić information content (AvgIpc) is 3.27. The molecule has 186 valence electrons. The minimum atomic E-state index is -3.62. The lowest BCUT2D eigenvalue weighted by molar-refractivity contribution is -0.303. The third kappa shape index (κ3) is 5.73. The predicted molar refractivity (Wildman–Crippen MR) is 132 cm³/mol. The maximum atomic E-state index is 12.8. The molecule has 3 rings (SSSR count). The van der Waals surface area contributed by atoms with Crippen LogP contribution in [0.4, 0.5) is 5.82 Å². The van der Waals surface area contributed by atoms with Crippen LogP contribution in [0.2, 0.25) is 5.02 Å².